The summed E-state index contributed by atoms with van der Waals surface area (Å²) in [6.07, 6.45) is 0.175. The minimum atomic E-state index is -0.351. The molecule has 2 amide bonds. The van der Waals surface area contributed by atoms with Gasteiger partial charge in [-0.25, -0.2) is 0 Å². The van der Waals surface area contributed by atoms with Crippen LogP contribution in [-0.2, 0) is 16.1 Å². The van der Waals surface area contributed by atoms with E-state index in [1.807, 2.05) is 48.5 Å². The summed E-state index contributed by atoms with van der Waals surface area (Å²) in [6.45, 7) is 2.05. The standard InChI is InChI=1S/C19H20N2O4/c1-13(22)21-16(15-5-3-2-4-6-15)10-19(23)20-11-14-7-8-17-18(9-14)25-12-24-17/h2-9,16H,10-12H2,1H3,(H,20,23)(H,21,22). The summed E-state index contributed by atoms with van der Waals surface area (Å²) in [6, 6.07) is 14.7. The Morgan fingerprint density at radius 2 is 1.84 bits per heavy atom. The second kappa shape index (κ2) is 7.70. The Labute approximate surface area is 146 Å². The number of carbonyl (C=O) groups excluding carboxylic acids is 2. The van der Waals surface area contributed by atoms with Crippen LogP contribution in [-0.4, -0.2) is 18.6 Å². The lowest BCUT2D eigenvalue weighted by atomic mass is 10.0. The topological polar surface area (TPSA) is 76.7 Å². The number of amides is 2. The van der Waals surface area contributed by atoms with Gasteiger partial charge in [-0.05, 0) is 23.3 Å². The molecule has 0 bridgehead atoms. The number of benzene rings is 2. The molecule has 25 heavy (non-hydrogen) atoms. The summed E-state index contributed by atoms with van der Waals surface area (Å²) in [4.78, 5) is 23.7. The van der Waals surface area contributed by atoms with Crippen LogP contribution in [0.4, 0.5) is 0 Å². The van der Waals surface area contributed by atoms with Crippen LogP contribution in [0.15, 0.2) is 48.5 Å². The first-order chi connectivity index (χ1) is 12.1. The summed E-state index contributed by atoms with van der Waals surface area (Å²) in [5.74, 6) is 1.09. The molecule has 6 heteroatoms. The monoisotopic (exact) mass is 340 g/mol. The van der Waals surface area contributed by atoms with Crippen molar-refractivity contribution >= 4 is 11.8 Å². The summed E-state index contributed by atoms with van der Waals surface area (Å²) in [5, 5.41) is 5.70. The van der Waals surface area contributed by atoms with Gasteiger partial charge in [0.15, 0.2) is 11.5 Å². The molecular weight excluding hydrogens is 320 g/mol. The molecule has 1 unspecified atom stereocenters. The molecule has 0 fully saturated rings. The molecule has 1 aliphatic heterocycles. The fourth-order valence-corrected chi connectivity index (χ4v) is 2.69. The van der Waals surface area contributed by atoms with Gasteiger partial charge in [0, 0.05) is 13.5 Å². The minimum Gasteiger partial charge on any atom is -0.454 e. The zero-order chi connectivity index (χ0) is 17.6. The first kappa shape index (κ1) is 16.8. The van der Waals surface area contributed by atoms with Gasteiger partial charge in [-0.3, -0.25) is 9.59 Å². The van der Waals surface area contributed by atoms with Crippen molar-refractivity contribution < 1.29 is 19.1 Å². The molecule has 0 radical (unpaired) electrons. The third-order valence-electron chi connectivity index (χ3n) is 3.90. The largest absolute Gasteiger partial charge is 0.454 e. The molecule has 6 nitrogen and oxygen atoms in total. The average molecular weight is 340 g/mol. The number of carbonyl (C=O) groups is 2. The van der Waals surface area contributed by atoms with Gasteiger partial charge in [-0.1, -0.05) is 36.4 Å². The predicted octanol–water partition coefficient (Wildman–Crippen LogP) is 2.30. The number of hydrogen-bond donors (Lipinski definition) is 2. The van der Waals surface area contributed by atoms with Gasteiger partial charge in [0.2, 0.25) is 18.6 Å². The molecule has 0 aliphatic carbocycles. The number of fused-ring (bicyclic) bond motifs is 1. The molecule has 2 aromatic rings. The van der Waals surface area contributed by atoms with E-state index in [0.29, 0.717) is 18.0 Å². The SMILES string of the molecule is CC(=O)NC(CC(=O)NCc1ccc2c(c1)OCO2)c1ccccc1. The van der Waals surface area contributed by atoms with Crippen molar-refractivity contribution in [3.05, 3.63) is 59.7 Å². The molecule has 0 saturated carbocycles. The van der Waals surface area contributed by atoms with Gasteiger partial charge < -0.3 is 20.1 Å². The second-order valence-corrected chi connectivity index (χ2v) is 5.83. The lowest BCUT2D eigenvalue weighted by Crippen LogP contribution is -2.32. The highest BCUT2D eigenvalue weighted by Gasteiger charge is 2.17. The van der Waals surface area contributed by atoms with Gasteiger partial charge in [-0.2, -0.15) is 0 Å². The van der Waals surface area contributed by atoms with E-state index in [0.717, 1.165) is 11.1 Å². The highest BCUT2D eigenvalue weighted by molar-refractivity contribution is 5.79. The normalized spacial score (nSPS) is 13.2. The van der Waals surface area contributed by atoms with Crippen molar-refractivity contribution in [1.29, 1.82) is 0 Å². The van der Waals surface area contributed by atoms with Gasteiger partial charge >= 0.3 is 0 Å². The maximum atomic E-state index is 12.3. The van der Waals surface area contributed by atoms with E-state index in [-0.39, 0.29) is 31.1 Å². The molecule has 1 atom stereocenters. The molecular formula is C19H20N2O4. The lowest BCUT2D eigenvalue weighted by Gasteiger charge is -2.18. The summed E-state index contributed by atoms with van der Waals surface area (Å²) in [5.41, 5.74) is 1.82. The molecule has 130 valence electrons. The number of rotatable bonds is 6. The molecule has 1 heterocycles. The van der Waals surface area contributed by atoms with Crippen LogP contribution in [0.1, 0.15) is 30.5 Å². The van der Waals surface area contributed by atoms with Gasteiger partial charge in [0.25, 0.3) is 0 Å². The third-order valence-corrected chi connectivity index (χ3v) is 3.90. The Morgan fingerprint density at radius 3 is 2.60 bits per heavy atom. The average Bonchev–Trinajstić information content (AvgIpc) is 3.07. The van der Waals surface area contributed by atoms with Gasteiger partial charge in [0.05, 0.1) is 12.5 Å². The zero-order valence-electron chi connectivity index (χ0n) is 14.0. The van der Waals surface area contributed by atoms with Crippen molar-refractivity contribution in [2.45, 2.75) is 25.9 Å². The Morgan fingerprint density at radius 1 is 1.08 bits per heavy atom. The van der Waals surface area contributed by atoms with Crippen LogP contribution >= 0.6 is 0 Å². The van der Waals surface area contributed by atoms with Crippen molar-refractivity contribution in [1.82, 2.24) is 10.6 Å². The third kappa shape index (κ3) is 4.50. The lowest BCUT2D eigenvalue weighted by molar-refractivity contribution is -0.122. The fourth-order valence-electron chi connectivity index (χ4n) is 2.69. The van der Waals surface area contributed by atoms with Crippen LogP contribution < -0.4 is 20.1 Å². The van der Waals surface area contributed by atoms with Crippen LogP contribution in [0.3, 0.4) is 0 Å². The predicted molar refractivity (Wildman–Crippen MR) is 92.0 cm³/mol. The van der Waals surface area contributed by atoms with Crippen LogP contribution in [0.5, 0.6) is 11.5 Å². The van der Waals surface area contributed by atoms with Gasteiger partial charge in [-0.15, -0.1) is 0 Å². The fraction of sp³-hybridized carbons (Fsp3) is 0.263. The Balaban J connectivity index is 1.59. The molecule has 0 aromatic heterocycles. The Hall–Kier alpha value is -3.02. The summed E-state index contributed by atoms with van der Waals surface area (Å²) < 4.78 is 10.6. The number of ether oxygens (including phenoxy) is 2. The molecule has 0 saturated heterocycles. The van der Waals surface area contributed by atoms with Crippen molar-refractivity contribution in [3.63, 3.8) is 0 Å². The Bertz CT molecular complexity index is 761. The highest BCUT2D eigenvalue weighted by Crippen LogP contribution is 2.32. The van der Waals surface area contributed by atoms with E-state index in [1.54, 1.807) is 0 Å². The first-order valence-electron chi connectivity index (χ1n) is 8.09. The molecule has 3 rings (SSSR count). The maximum Gasteiger partial charge on any atom is 0.231 e. The van der Waals surface area contributed by atoms with Crippen LogP contribution in [0, 0.1) is 0 Å². The highest BCUT2D eigenvalue weighted by atomic mass is 16.7. The molecule has 1 aliphatic rings. The van der Waals surface area contributed by atoms with Crippen molar-refractivity contribution in [2.75, 3.05) is 6.79 Å². The van der Waals surface area contributed by atoms with Crippen molar-refractivity contribution in [2.24, 2.45) is 0 Å². The molecule has 0 spiro atoms. The molecule has 2 N–H and O–H groups in total. The zero-order valence-corrected chi connectivity index (χ0v) is 14.0. The maximum absolute atomic E-state index is 12.3. The Kier molecular flexibility index (Phi) is 5.18. The van der Waals surface area contributed by atoms with E-state index in [4.69, 9.17) is 9.47 Å². The number of hydrogen-bond acceptors (Lipinski definition) is 4. The quantitative estimate of drug-likeness (QED) is 0.846. The van der Waals surface area contributed by atoms with E-state index in [1.165, 1.54) is 6.92 Å². The first-order valence-corrected chi connectivity index (χ1v) is 8.09. The van der Waals surface area contributed by atoms with Crippen molar-refractivity contribution in [3.8, 4) is 11.5 Å². The van der Waals surface area contributed by atoms with Crippen LogP contribution in [0.2, 0.25) is 0 Å². The van der Waals surface area contributed by atoms with E-state index >= 15 is 0 Å². The summed E-state index contributed by atoms with van der Waals surface area (Å²) >= 11 is 0. The van der Waals surface area contributed by atoms with E-state index in [2.05, 4.69) is 10.6 Å². The van der Waals surface area contributed by atoms with Gasteiger partial charge in [0.1, 0.15) is 0 Å². The molecule has 2 aromatic carbocycles. The number of nitrogens with one attached hydrogen (secondary N) is 2. The van der Waals surface area contributed by atoms with E-state index in [9.17, 15) is 9.59 Å². The van der Waals surface area contributed by atoms with Crippen LogP contribution in [0.25, 0.3) is 0 Å². The van der Waals surface area contributed by atoms with E-state index < -0.39 is 0 Å². The second-order valence-electron chi connectivity index (χ2n) is 5.83. The minimum absolute atomic E-state index is 0.139. The summed E-state index contributed by atoms with van der Waals surface area (Å²) in [7, 11) is 0. The smallest absolute Gasteiger partial charge is 0.231 e.